The molecule has 0 aromatic heterocycles. The number of carbonyl (C=O) groups is 1. The van der Waals surface area contributed by atoms with Crippen LogP contribution in [-0.2, 0) is 4.74 Å². The summed E-state index contributed by atoms with van der Waals surface area (Å²) in [5.41, 5.74) is -0.406. The van der Waals surface area contributed by atoms with Crippen LogP contribution in [-0.4, -0.2) is 41.8 Å². The number of hydrogen-bond acceptors (Lipinski definition) is 3. The minimum atomic E-state index is -0.406. The molecule has 4 nitrogen and oxygen atoms in total. The molecule has 0 aromatic carbocycles. The van der Waals surface area contributed by atoms with Gasteiger partial charge >= 0.3 is 6.09 Å². The lowest BCUT2D eigenvalue weighted by Gasteiger charge is -2.35. The van der Waals surface area contributed by atoms with Crippen LogP contribution < -0.4 is 5.32 Å². The van der Waals surface area contributed by atoms with E-state index in [0.29, 0.717) is 6.04 Å². The number of amides is 1. The second-order valence-corrected chi connectivity index (χ2v) is 6.89. The van der Waals surface area contributed by atoms with Gasteiger partial charge in [0.1, 0.15) is 5.60 Å². The molecular weight excluding hydrogens is 240 g/mol. The first-order chi connectivity index (χ1) is 8.94. The van der Waals surface area contributed by atoms with Crippen molar-refractivity contribution in [3.8, 4) is 0 Å². The predicted octanol–water partition coefficient (Wildman–Crippen LogP) is 2.92. The summed E-state index contributed by atoms with van der Waals surface area (Å²) in [7, 11) is 0. The molecule has 2 rings (SSSR count). The monoisotopic (exact) mass is 268 g/mol. The Kier molecular flexibility index (Phi) is 4.71. The molecule has 0 spiro atoms. The van der Waals surface area contributed by atoms with Crippen molar-refractivity contribution in [3.05, 3.63) is 0 Å². The summed E-state index contributed by atoms with van der Waals surface area (Å²) in [6.45, 7) is 8.24. The molecule has 1 heterocycles. The van der Waals surface area contributed by atoms with E-state index in [1.165, 1.54) is 38.8 Å². The molecular formula is C15H28N2O2. The predicted molar refractivity (Wildman–Crippen MR) is 76.2 cm³/mol. The first kappa shape index (κ1) is 14.6. The van der Waals surface area contributed by atoms with Gasteiger partial charge in [-0.3, -0.25) is 0 Å². The van der Waals surface area contributed by atoms with Crippen molar-refractivity contribution in [3.63, 3.8) is 0 Å². The number of alkyl carbamates (subject to hydrolysis) is 1. The molecule has 1 saturated heterocycles. The average Bonchev–Trinajstić information content (AvgIpc) is 2.80. The molecule has 1 aliphatic carbocycles. The van der Waals surface area contributed by atoms with Crippen LogP contribution in [0, 0.1) is 0 Å². The summed E-state index contributed by atoms with van der Waals surface area (Å²) in [4.78, 5) is 14.3. The third-order valence-corrected chi connectivity index (χ3v) is 4.07. The normalized spacial score (nSPS) is 29.2. The molecule has 2 aliphatic rings. The lowest BCUT2D eigenvalue weighted by molar-refractivity contribution is 0.0480. The van der Waals surface area contributed by atoms with Crippen molar-refractivity contribution in [1.29, 1.82) is 0 Å². The van der Waals surface area contributed by atoms with E-state index in [2.05, 4.69) is 10.2 Å². The second-order valence-electron chi connectivity index (χ2n) is 6.89. The summed E-state index contributed by atoms with van der Waals surface area (Å²) in [6.07, 6.45) is 7.03. The number of nitrogens with zero attached hydrogens (tertiary/aromatic N) is 1. The van der Waals surface area contributed by atoms with Gasteiger partial charge in [0.05, 0.1) is 0 Å². The van der Waals surface area contributed by atoms with Gasteiger partial charge < -0.3 is 15.0 Å². The molecule has 110 valence electrons. The average molecular weight is 268 g/mol. The van der Waals surface area contributed by atoms with Gasteiger partial charge in [0.15, 0.2) is 0 Å². The van der Waals surface area contributed by atoms with Crippen LogP contribution in [0.25, 0.3) is 0 Å². The van der Waals surface area contributed by atoms with Crippen molar-refractivity contribution in [2.24, 2.45) is 0 Å². The van der Waals surface area contributed by atoms with Crippen molar-refractivity contribution in [2.45, 2.75) is 77.0 Å². The number of likely N-dealkylation sites (tertiary alicyclic amines) is 1. The van der Waals surface area contributed by atoms with Gasteiger partial charge in [-0.2, -0.15) is 0 Å². The molecule has 0 bridgehead atoms. The Morgan fingerprint density at radius 1 is 1.11 bits per heavy atom. The molecule has 1 aliphatic heterocycles. The zero-order valence-corrected chi connectivity index (χ0v) is 12.6. The van der Waals surface area contributed by atoms with Gasteiger partial charge in [0.2, 0.25) is 0 Å². The van der Waals surface area contributed by atoms with Crippen LogP contribution in [0.1, 0.15) is 59.3 Å². The zero-order valence-electron chi connectivity index (χ0n) is 12.6. The molecule has 1 saturated carbocycles. The minimum absolute atomic E-state index is 0.267. The van der Waals surface area contributed by atoms with Crippen molar-refractivity contribution in [1.82, 2.24) is 10.2 Å². The van der Waals surface area contributed by atoms with Crippen LogP contribution in [0.15, 0.2) is 0 Å². The lowest BCUT2D eigenvalue weighted by atomic mass is 9.90. The third-order valence-electron chi connectivity index (χ3n) is 4.07. The maximum atomic E-state index is 11.7. The molecule has 0 unspecified atom stereocenters. The SMILES string of the molecule is CC(C)(C)OC(=O)N[C@H]1CC[C@H](N2CCCC2)CC1. The van der Waals surface area contributed by atoms with E-state index in [1.54, 1.807) is 0 Å². The highest BCUT2D eigenvalue weighted by molar-refractivity contribution is 5.68. The highest BCUT2D eigenvalue weighted by Gasteiger charge is 2.28. The summed E-state index contributed by atoms with van der Waals surface area (Å²) >= 11 is 0. The van der Waals surface area contributed by atoms with Gasteiger partial charge in [-0.25, -0.2) is 4.79 Å². The first-order valence-corrected chi connectivity index (χ1v) is 7.67. The van der Waals surface area contributed by atoms with E-state index < -0.39 is 5.60 Å². The maximum Gasteiger partial charge on any atom is 0.407 e. The molecule has 2 fully saturated rings. The van der Waals surface area contributed by atoms with E-state index in [4.69, 9.17) is 4.74 Å². The van der Waals surface area contributed by atoms with Crippen LogP contribution in [0.5, 0.6) is 0 Å². The van der Waals surface area contributed by atoms with Crippen molar-refractivity contribution in [2.75, 3.05) is 13.1 Å². The van der Waals surface area contributed by atoms with E-state index in [9.17, 15) is 4.79 Å². The summed E-state index contributed by atoms with van der Waals surface area (Å²) < 4.78 is 5.31. The van der Waals surface area contributed by atoms with Gasteiger partial charge in [0, 0.05) is 12.1 Å². The molecule has 1 N–H and O–H groups in total. The Morgan fingerprint density at radius 2 is 1.68 bits per heavy atom. The summed E-state index contributed by atoms with van der Waals surface area (Å²) in [5, 5.41) is 3.01. The van der Waals surface area contributed by atoms with Gasteiger partial charge in [0.25, 0.3) is 0 Å². The van der Waals surface area contributed by atoms with Crippen LogP contribution in [0.3, 0.4) is 0 Å². The molecule has 4 heteroatoms. The highest BCUT2D eigenvalue weighted by atomic mass is 16.6. The zero-order chi connectivity index (χ0) is 13.9. The number of hydrogen-bond donors (Lipinski definition) is 1. The van der Waals surface area contributed by atoms with E-state index in [0.717, 1.165) is 18.9 Å². The number of rotatable bonds is 2. The van der Waals surface area contributed by atoms with Gasteiger partial charge in [-0.1, -0.05) is 0 Å². The molecule has 0 aromatic rings. The summed E-state index contributed by atoms with van der Waals surface area (Å²) in [5.74, 6) is 0. The van der Waals surface area contributed by atoms with Crippen LogP contribution >= 0.6 is 0 Å². The third kappa shape index (κ3) is 4.68. The van der Waals surface area contributed by atoms with Crippen molar-refractivity contribution >= 4 is 6.09 Å². The standard InChI is InChI=1S/C15H28N2O2/c1-15(2,3)19-14(18)16-12-6-8-13(9-7-12)17-10-4-5-11-17/h12-13H,4-11H2,1-3H3,(H,16,18)/t12-,13-. The Labute approximate surface area is 116 Å². The van der Waals surface area contributed by atoms with Crippen LogP contribution in [0.4, 0.5) is 4.79 Å². The van der Waals surface area contributed by atoms with Gasteiger partial charge in [-0.05, 0) is 72.4 Å². The van der Waals surface area contributed by atoms with E-state index >= 15 is 0 Å². The second kappa shape index (κ2) is 6.12. The number of nitrogens with one attached hydrogen (secondary N) is 1. The fourth-order valence-electron chi connectivity index (χ4n) is 3.17. The van der Waals surface area contributed by atoms with E-state index in [-0.39, 0.29) is 6.09 Å². The highest BCUT2D eigenvalue weighted by Crippen LogP contribution is 2.26. The smallest absolute Gasteiger partial charge is 0.407 e. The Hall–Kier alpha value is -0.770. The summed E-state index contributed by atoms with van der Waals surface area (Å²) in [6, 6.07) is 1.05. The Morgan fingerprint density at radius 3 is 2.21 bits per heavy atom. The molecule has 0 radical (unpaired) electrons. The fourth-order valence-corrected chi connectivity index (χ4v) is 3.17. The first-order valence-electron chi connectivity index (χ1n) is 7.67. The molecule has 1 amide bonds. The lowest BCUT2D eigenvalue weighted by Crippen LogP contribution is -2.44. The Balaban J connectivity index is 1.69. The molecule has 19 heavy (non-hydrogen) atoms. The fraction of sp³-hybridized carbons (Fsp3) is 0.933. The van der Waals surface area contributed by atoms with Crippen molar-refractivity contribution < 1.29 is 9.53 Å². The maximum absolute atomic E-state index is 11.7. The number of carbonyl (C=O) groups excluding carboxylic acids is 1. The quantitative estimate of drug-likeness (QED) is 0.837. The van der Waals surface area contributed by atoms with Crippen LogP contribution in [0.2, 0.25) is 0 Å². The number of ether oxygens (including phenoxy) is 1. The largest absolute Gasteiger partial charge is 0.444 e. The van der Waals surface area contributed by atoms with Gasteiger partial charge in [-0.15, -0.1) is 0 Å². The topological polar surface area (TPSA) is 41.6 Å². The van der Waals surface area contributed by atoms with E-state index in [1.807, 2.05) is 20.8 Å². The molecule has 0 atom stereocenters. The Bertz CT molecular complexity index is 298. The minimum Gasteiger partial charge on any atom is -0.444 e.